The van der Waals surface area contributed by atoms with Crippen molar-refractivity contribution in [2.45, 2.75) is 56.5 Å². The molecule has 1 saturated carbocycles. The highest BCUT2D eigenvalue weighted by Gasteiger charge is 2.32. The smallest absolute Gasteiger partial charge is 0.265 e. The van der Waals surface area contributed by atoms with E-state index in [0.717, 1.165) is 42.8 Å². The summed E-state index contributed by atoms with van der Waals surface area (Å²) in [7, 11) is 1.76. The lowest BCUT2D eigenvalue weighted by atomic mass is 9.93. The van der Waals surface area contributed by atoms with Crippen LogP contribution in [0, 0.1) is 0 Å². The number of methoxy groups -OCH3 is 1. The topological polar surface area (TPSA) is 91.5 Å². The molecule has 0 radical (unpaired) electrons. The van der Waals surface area contributed by atoms with E-state index < -0.39 is 0 Å². The molecule has 4 N–H and O–H groups in total. The van der Waals surface area contributed by atoms with Gasteiger partial charge in [-0.3, -0.25) is 15.0 Å². The second-order valence-electron chi connectivity index (χ2n) is 9.10. The van der Waals surface area contributed by atoms with E-state index in [9.17, 15) is 9.59 Å². The van der Waals surface area contributed by atoms with E-state index in [1.54, 1.807) is 7.11 Å². The minimum Gasteiger partial charge on any atom is -0.383 e. The molecule has 1 aliphatic carbocycles. The normalized spacial score (nSPS) is 19.1. The van der Waals surface area contributed by atoms with Gasteiger partial charge in [0.05, 0.1) is 12.6 Å². The number of unbranched alkanes of at least 4 members (excludes halogenated alkanes) is 1. The van der Waals surface area contributed by atoms with Crippen molar-refractivity contribution in [3.63, 3.8) is 0 Å². The predicted octanol–water partition coefficient (Wildman–Crippen LogP) is 3.68. The number of fused-ring (bicyclic) bond motifs is 1. The molecule has 1 atom stereocenters. The third-order valence-corrected chi connectivity index (χ3v) is 6.66. The first-order chi connectivity index (χ1) is 16.1. The number of anilines is 1. The van der Waals surface area contributed by atoms with Gasteiger partial charge in [-0.2, -0.15) is 0 Å². The van der Waals surface area contributed by atoms with Gasteiger partial charge >= 0.3 is 0 Å². The maximum Gasteiger partial charge on any atom is 0.265 e. The number of rotatable bonds is 10. The van der Waals surface area contributed by atoms with Gasteiger partial charge in [-0.15, -0.1) is 0 Å². The lowest BCUT2D eigenvalue weighted by Gasteiger charge is -2.29. The zero-order valence-corrected chi connectivity index (χ0v) is 19.3. The van der Waals surface area contributed by atoms with E-state index in [1.165, 1.54) is 25.7 Å². The summed E-state index contributed by atoms with van der Waals surface area (Å²) in [6.45, 7) is 1.67. The Hall–Kier alpha value is -2.74. The number of benzene rings is 2. The van der Waals surface area contributed by atoms with Crippen molar-refractivity contribution < 1.29 is 14.3 Å². The zero-order chi connectivity index (χ0) is 23.1. The number of hydrogen-bond acceptors (Lipinski definition) is 5. The molecule has 2 aliphatic rings. The van der Waals surface area contributed by atoms with Crippen molar-refractivity contribution in [3.8, 4) is 0 Å². The SMILES string of the molecule is COCC1(NCCCCC(=O)Nc2cccc(C3NNC(=O)c4ccccc43)c2)CCCC1. The molecule has 1 fully saturated rings. The van der Waals surface area contributed by atoms with Gasteiger partial charge in [0, 0.05) is 30.3 Å². The second-order valence-corrected chi connectivity index (χ2v) is 9.10. The Morgan fingerprint density at radius 1 is 1.12 bits per heavy atom. The van der Waals surface area contributed by atoms with Crippen LogP contribution in [-0.4, -0.2) is 37.6 Å². The van der Waals surface area contributed by atoms with E-state index in [-0.39, 0.29) is 23.4 Å². The van der Waals surface area contributed by atoms with Crippen LogP contribution < -0.4 is 21.5 Å². The van der Waals surface area contributed by atoms with Crippen LogP contribution in [-0.2, 0) is 9.53 Å². The van der Waals surface area contributed by atoms with Crippen molar-refractivity contribution in [2.24, 2.45) is 0 Å². The minimum atomic E-state index is -0.170. The molecular weight excluding hydrogens is 416 g/mol. The first kappa shape index (κ1) is 23.4. The molecule has 33 heavy (non-hydrogen) atoms. The van der Waals surface area contributed by atoms with E-state index in [0.29, 0.717) is 12.0 Å². The number of hydrogen-bond donors (Lipinski definition) is 4. The average molecular weight is 451 g/mol. The van der Waals surface area contributed by atoms with Gasteiger partial charge in [0.15, 0.2) is 0 Å². The quantitative estimate of drug-likeness (QED) is 0.415. The van der Waals surface area contributed by atoms with Gasteiger partial charge < -0.3 is 15.4 Å². The number of hydrazine groups is 1. The van der Waals surface area contributed by atoms with Crippen molar-refractivity contribution in [3.05, 3.63) is 65.2 Å². The monoisotopic (exact) mass is 450 g/mol. The molecule has 0 spiro atoms. The number of ether oxygens (including phenoxy) is 1. The molecule has 0 bridgehead atoms. The summed E-state index contributed by atoms with van der Waals surface area (Å²) in [4.78, 5) is 24.6. The number of carbonyl (C=O) groups excluding carboxylic acids is 2. The van der Waals surface area contributed by atoms with Gasteiger partial charge in [0.1, 0.15) is 0 Å². The summed E-state index contributed by atoms with van der Waals surface area (Å²) in [6, 6.07) is 15.2. The average Bonchev–Trinajstić information content (AvgIpc) is 3.28. The van der Waals surface area contributed by atoms with E-state index >= 15 is 0 Å². The van der Waals surface area contributed by atoms with E-state index in [1.807, 2.05) is 48.5 Å². The maximum absolute atomic E-state index is 12.5. The summed E-state index contributed by atoms with van der Waals surface area (Å²) in [5, 5.41) is 6.70. The fourth-order valence-corrected chi connectivity index (χ4v) is 4.99. The molecular formula is C26H34N4O3. The molecule has 4 rings (SSSR count). The highest BCUT2D eigenvalue weighted by atomic mass is 16.5. The van der Waals surface area contributed by atoms with E-state index in [4.69, 9.17) is 4.74 Å². The third kappa shape index (κ3) is 5.79. The largest absolute Gasteiger partial charge is 0.383 e. The highest BCUT2D eigenvalue weighted by Crippen LogP contribution is 2.30. The van der Waals surface area contributed by atoms with Gasteiger partial charge in [-0.1, -0.05) is 43.2 Å². The Balaban J connectivity index is 1.27. The number of nitrogens with one attached hydrogen (secondary N) is 4. The van der Waals surface area contributed by atoms with Crippen LogP contribution in [0.5, 0.6) is 0 Å². The number of amides is 2. The van der Waals surface area contributed by atoms with Gasteiger partial charge in [0.25, 0.3) is 5.91 Å². The predicted molar refractivity (Wildman–Crippen MR) is 129 cm³/mol. The molecule has 0 aromatic heterocycles. The molecule has 176 valence electrons. The molecule has 1 aliphatic heterocycles. The van der Waals surface area contributed by atoms with Crippen LogP contribution in [0.15, 0.2) is 48.5 Å². The first-order valence-corrected chi connectivity index (χ1v) is 11.9. The van der Waals surface area contributed by atoms with Crippen LogP contribution in [0.2, 0.25) is 0 Å². The first-order valence-electron chi connectivity index (χ1n) is 11.9. The molecule has 2 amide bonds. The Kier molecular flexibility index (Phi) is 7.75. The minimum absolute atomic E-state index is 0.0185. The van der Waals surface area contributed by atoms with Crippen molar-refractivity contribution in [1.82, 2.24) is 16.2 Å². The fraction of sp³-hybridized carbons (Fsp3) is 0.462. The van der Waals surface area contributed by atoms with Crippen molar-refractivity contribution in [2.75, 3.05) is 25.6 Å². The Bertz CT molecular complexity index is 972. The summed E-state index contributed by atoms with van der Waals surface area (Å²) in [6.07, 6.45) is 7.14. The van der Waals surface area contributed by atoms with Crippen LogP contribution >= 0.6 is 0 Å². The van der Waals surface area contributed by atoms with Crippen LogP contribution in [0.25, 0.3) is 0 Å². The van der Waals surface area contributed by atoms with Crippen LogP contribution in [0.4, 0.5) is 5.69 Å². The summed E-state index contributed by atoms with van der Waals surface area (Å²) < 4.78 is 5.42. The standard InChI is InChI=1S/C26H34N4O3/c1-33-18-26(14-5-6-15-26)27-16-7-4-13-23(31)28-20-10-8-9-19(17-20)24-21-11-2-3-12-22(21)25(32)30-29-24/h2-3,8-12,17,24,27,29H,4-7,13-16,18H2,1H3,(H,28,31)(H,30,32). The van der Waals surface area contributed by atoms with Crippen LogP contribution in [0.3, 0.4) is 0 Å². The summed E-state index contributed by atoms with van der Waals surface area (Å²) in [5.74, 6) is -0.119. The maximum atomic E-state index is 12.5. The van der Waals surface area contributed by atoms with Gasteiger partial charge in [0.2, 0.25) is 5.91 Å². The molecule has 2 aromatic carbocycles. The lowest BCUT2D eigenvalue weighted by molar-refractivity contribution is -0.116. The molecule has 7 nitrogen and oxygen atoms in total. The van der Waals surface area contributed by atoms with Gasteiger partial charge in [-0.25, -0.2) is 5.43 Å². The second kappa shape index (κ2) is 10.9. The molecule has 1 unspecified atom stereocenters. The summed E-state index contributed by atoms with van der Waals surface area (Å²) >= 11 is 0. The molecule has 1 heterocycles. The number of carbonyl (C=O) groups is 2. The van der Waals surface area contributed by atoms with Gasteiger partial charge in [-0.05, 0) is 61.6 Å². The zero-order valence-electron chi connectivity index (χ0n) is 19.3. The lowest BCUT2D eigenvalue weighted by Crippen LogP contribution is -2.47. The van der Waals surface area contributed by atoms with Crippen molar-refractivity contribution in [1.29, 1.82) is 0 Å². The molecule has 2 aromatic rings. The Morgan fingerprint density at radius 3 is 2.76 bits per heavy atom. The highest BCUT2D eigenvalue weighted by molar-refractivity contribution is 5.96. The fourth-order valence-electron chi connectivity index (χ4n) is 4.99. The molecule has 0 saturated heterocycles. The Morgan fingerprint density at radius 2 is 1.94 bits per heavy atom. The molecule has 7 heteroatoms. The van der Waals surface area contributed by atoms with Crippen LogP contribution in [0.1, 0.15) is 72.5 Å². The summed E-state index contributed by atoms with van der Waals surface area (Å²) in [5.41, 5.74) is 9.25. The third-order valence-electron chi connectivity index (χ3n) is 6.66. The Labute approximate surface area is 195 Å². The van der Waals surface area contributed by atoms with E-state index in [2.05, 4.69) is 21.5 Å². The van der Waals surface area contributed by atoms with Crippen molar-refractivity contribution >= 4 is 17.5 Å².